The lowest BCUT2D eigenvalue weighted by Crippen LogP contribution is -2.48. The first kappa shape index (κ1) is 25.8. The van der Waals surface area contributed by atoms with Crippen LogP contribution in [0.25, 0.3) is 0 Å². The van der Waals surface area contributed by atoms with Gasteiger partial charge in [0.15, 0.2) is 0 Å². The van der Waals surface area contributed by atoms with E-state index in [-0.39, 0.29) is 23.0 Å². The average Bonchev–Trinajstić information content (AvgIpc) is 2.84. The van der Waals surface area contributed by atoms with E-state index in [4.69, 9.17) is 4.74 Å². The monoisotopic (exact) mass is 499 g/mol. The van der Waals surface area contributed by atoms with Crippen LogP contribution in [-0.2, 0) is 27.8 Å². The molecule has 4 rings (SSSR count). The van der Waals surface area contributed by atoms with Gasteiger partial charge in [-0.1, -0.05) is 36.8 Å². The van der Waals surface area contributed by atoms with Gasteiger partial charge in [-0.05, 0) is 69.5 Å². The molecule has 0 spiro atoms. The van der Waals surface area contributed by atoms with Crippen molar-refractivity contribution in [2.45, 2.75) is 76.3 Å². The van der Waals surface area contributed by atoms with Crippen LogP contribution in [0.15, 0.2) is 53.4 Å². The molecule has 3 unspecified atom stereocenters. The van der Waals surface area contributed by atoms with Crippen molar-refractivity contribution in [3.63, 3.8) is 0 Å². The van der Waals surface area contributed by atoms with Gasteiger partial charge < -0.3 is 10.1 Å². The molecule has 2 fully saturated rings. The van der Waals surface area contributed by atoms with Crippen molar-refractivity contribution in [1.82, 2.24) is 14.5 Å². The smallest absolute Gasteiger partial charge is 0.251 e. The molecule has 2 aromatic carbocycles. The van der Waals surface area contributed by atoms with Crippen molar-refractivity contribution >= 4 is 15.9 Å². The molecule has 0 aliphatic carbocycles. The van der Waals surface area contributed by atoms with E-state index in [2.05, 4.69) is 23.2 Å². The minimum atomic E-state index is -3.71. The van der Waals surface area contributed by atoms with E-state index >= 15 is 0 Å². The molecule has 0 saturated carbocycles. The van der Waals surface area contributed by atoms with E-state index in [1.807, 2.05) is 32.0 Å². The third kappa shape index (κ3) is 6.30. The highest BCUT2D eigenvalue weighted by Crippen LogP contribution is 2.23. The van der Waals surface area contributed by atoms with Gasteiger partial charge in [0.25, 0.3) is 5.91 Å². The molecule has 2 saturated heterocycles. The summed E-state index contributed by atoms with van der Waals surface area (Å²) in [5, 5.41) is 2.99. The molecule has 8 heteroatoms. The Bertz CT molecular complexity index is 1130. The third-order valence-electron chi connectivity index (χ3n) is 6.99. The van der Waals surface area contributed by atoms with Crippen LogP contribution in [0.3, 0.4) is 0 Å². The Morgan fingerprint density at radius 3 is 2.43 bits per heavy atom. The van der Waals surface area contributed by atoms with Crippen LogP contribution in [0.4, 0.5) is 0 Å². The highest BCUT2D eigenvalue weighted by molar-refractivity contribution is 7.89. The fourth-order valence-electron chi connectivity index (χ4n) is 5.05. The number of morpholine rings is 1. The van der Waals surface area contributed by atoms with Gasteiger partial charge in [-0.25, -0.2) is 8.42 Å². The number of nitrogens with one attached hydrogen (secondary N) is 1. The predicted molar refractivity (Wildman–Crippen MR) is 137 cm³/mol. The van der Waals surface area contributed by atoms with Crippen LogP contribution in [0.1, 0.15) is 61.5 Å². The third-order valence-corrected chi connectivity index (χ3v) is 8.82. The fraction of sp³-hybridized carbons (Fsp3) is 0.519. The van der Waals surface area contributed by atoms with Crippen molar-refractivity contribution in [3.8, 4) is 0 Å². The van der Waals surface area contributed by atoms with Crippen LogP contribution < -0.4 is 5.32 Å². The predicted octanol–water partition coefficient (Wildman–Crippen LogP) is 3.79. The molecular formula is C27H37N3O4S. The van der Waals surface area contributed by atoms with E-state index in [0.29, 0.717) is 31.2 Å². The normalized spacial score (nSPS) is 24.3. The van der Waals surface area contributed by atoms with Crippen LogP contribution in [0, 0.1) is 0 Å². The number of carbonyl (C=O) groups excluding carboxylic acids is 1. The van der Waals surface area contributed by atoms with E-state index in [1.54, 1.807) is 18.2 Å². The molecule has 190 valence electrons. The molecule has 3 atom stereocenters. The number of piperidine rings is 1. The van der Waals surface area contributed by atoms with Gasteiger partial charge in [-0.15, -0.1) is 0 Å². The standard InChI is InChI=1S/C27H37N3O4S/c1-20-9-6-7-14-29(20)19-25-11-5-4-10-24(25)16-28-27(31)23-12-8-13-26(15-23)35(32,33)30-17-21(2)34-22(3)18-30/h4-5,8,10-13,15,20-22H,6-7,9,14,16-19H2,1-3H3,(H,28,31). The molecule has 0 radical (unpaired) electrons. The number of likely N-dealkylation sites (tertiary alicyclic amines) is 1. The highest BCUT2D eigenvalue weighted by atomic mass is 32.2. The summed E-state index contributed by atoms with van der Waals surface area (Å²) in [6.45, 7) is 8.99. The molecule has 1 N–H and O–H groups in total. The lowest BCUT2D eigenvalue weighted by atomic mass is 10.0. The van der Waals surface area contributed by atoms with Gasteiger partial charge >= 0.3 is 0 Å². The first-order valence-electron chi connectivity index (χ1n) is 12.6. The van der Waals surface area contributed by atoms with Crippen LogP contribution in [-0.4, -0.2) is 61.4 Å². The zero-order valence-corrected chi connectivity index (χ0v) is 21.8. The summed E-state index contributed by atoms with van der Waals surface area (Å²) >= 11 is 0. The maximum Gasteiger partial charge on any atom is 0.251 e. The highest BCUT2D eigenvalue weighted by Gasteiger charge is 2.32. The van der Waals surface area contributed by atoms with Gasteiger partial charge in [0.2, 0.25) is 10.0 Å². The quantitative estimate of drug-likeness (QED) is 0.627. The summed E-state index contributed by atoms with van der Waals surface area (Å²) in [5.41, 5.74) is 2.63. The van der Waals surface area contributed by atoms with Crippen LogP contribution in [0.2, 0.25) is 0 Å². The molecular weight excluding hydrogens is 462 g/mol. The molecule has 0 aromatic heterocycles. The van der Waals surface area contributed by atoms with Crippen molar-refractivity contribution in [2.75, 3.05) is 19.6 Å². The molecule has 0 bridgehead atoms. The van der Waals surface area contributed by atoms with Gasteiger partial charge in [0.05, 0.1) is 17.1 Å². The number of amides is 1. The Morgan fingerprint density at radius 2 is 1.71 bits per heavy atom. The summed E-state index contributed by atoms with van der Waals surface area (Å²) in [6, 6.07) is 15.1. The molecule has 2 aliphatic rings. The van der Waals surface area contributed by atoms with Crippen molar-refractivity contribution in [2.24, 2.45) is 0 Å². The Balaban J connectivity index is 1.44. The maximum absolute atomic E-state index is 13.2. The van der Waals surface area contributed by atoms with Gasteiger partial charge in [-0.3, -0.25) is 9.69 Å². The van der Waals surface area contributed by atoms with Crippen LogP contribution >= 0.6 is 0 Å². The van der Waals surface area contributed by atoms with E-state index < -0.39 is 10.0 Å². The maximum atomic E-state index is 13.2. The van der Waals surface area contributed by atoms with E-state index in [1.165, 1.54) is 35.2 Å². The number of nitrogens with zero attached hydrogens (tertiary/aromatic N) is 2. The summed E-state index contributed by atoms with van der Waals surface area (Å²) in [5.74, 6) is -0.285. The van der Waals surface area contributed by atoms with Gasteiger partial charge in [0.1, 0.15) is 0 Å². The summed E-state index contributed by atoms with van der Waals surface area (Å²) in [4.78, 5) is 15.6. The molecule has 2 aliphatic heterocycles. The molecule has 2 heterocycles. The second-order valence-corrected chi connectivity index (χ2v) is 11.8. The zero-order chi connectivity index (χ0) is 25.0. The molecule has 35 heavy (non-hydrogen) atoms. The summed E-state index contributed by atoms with van der Waals surface area (Å²) < 4.78 is 33.6. The molecule has 2 aromatic rings. The van der Waals surface area contributed by atoms with E-state index in [9.17, 15) is 13.2 Å². The Hall–Kier alpha value is -2.26. The van der Waals surface area contributed by atoms with Gasteiger partial charge in [-0.2, -0.15) is 4.31 Å². The van der Waals surface area contributed by atoms with Crippen molar-refractivity contribution in [3.05, 3.63) is 65.2 Å². The first-order chi connectivity index (χ1) is 16.7. The topological polar surface area (TPSA) is 79.0 Å². The minimum Gasteiger partial charge on any atom is -0.373 e. The minimum absolute atomic E-state index is 0.130. The lowest BCUT2D eigenvalue weighted by Gasteiger charge is -2.34. The Labute approximate surface area is 209 Å². The Morgan fingerprint density at radius 1 is 1.00 bits per heavy atom. The Kier molecular flexibility index (Phi) is 8.27. The number of ether oxygens (including phenoxy) is 1. The summed E-state index contributed by atoms with van der Waals surface area (Å²) in [6.07, 6.45) is 3.39. The number of carbonyl (C=O) groups is 1. The second-order valence-electron chi connectivity index (χ2n) is 9.87. The van der Waals surface area contributed by atoms with Crippen LogP contribution in [0.5, 0.6) is 0 Å². The van der Waals surface area contributed by atoms with Crippen molar-refractivity contribution in [1.29, 1.82) is 0 Å². The number of hydrogen-bond acceptors (Lipinski definition) is 5. The fourth-order valence-corrected chi connectivity index (χ4v) is 6.68. The SMILES string of the molecule is CC1CN(S(=O)(=O)c2cccc(C(=O)NCc3ccccc3CN3CCCCC3C)c2)CC(C)O1. The van der Waals surface area contributed by atoms with E-state index in [0.717, 1.165) is 18.7 Å². The zero-order valence-electron chi connectivity index (χ0n) is 20.9. The lowest BCUT2D eigenvalue weighted by molar-refractivity contribution is -0.0440. The number of benzene rings is 2. The second kappa shape index (κ2) is 11.2. The molecule has 7 nitrogen and oxygen atoms in total. The van der Waals surface area contributed by atoms with Crippen molar-refractivity contribution < 1.29 is 17.9 Å². The average molecular weight is 500 g/mol. The largest absolute Gasteiger partial charge is 0.373 e. The number of hydrogen-bond donors (Lipinski definition) is 1. The first-order valence-corrected chi connectivity index (χ1v) is 14.0. The van der Waals surface area contributed by atoms with Gasteiger partial charge in [0, 0.05) is 37.8 Å². The molecule has 1 amide bonds. The summed E-state index contributed by atoms with van der Waals surface area (Å²) in [7, 11) is -3.71. The number of sulfonamides is 1. The number of rotatable bonds is 7.